The molecule has 2 bridgehead atoms. The Labute approximate surface area is 280 Å². The minimum atomic E-state index is -0.769. The molecular formula is C37H27Cl2NO7. The Balaban J connectivity index is 0.977. The van der Waals surface area contributed by atoms with Gasteiger partial charge in [0.25, 0.3) is 0 Å². The van der Waals surface area contributed by atoms with E-state index >= 15 is 0 Å². The van der Waals surface area contributed by atoms with Gasteiger partial charge >= 0.3 is 11.9 Å². The second kappa shape index (κ2) is 12.4. The Bertz CT molecular complexity index is 1930. The van der Waals surface area contributed by atoms with Crippen LogP contribution in [0.4, 0.5) is 5.69 Å². The van der Waals surface area contributed by atoms with E-state index in [1.54, 1.807) is 12.1 Å². The standard InChI is InChI=1S/C37H27Cl2NO7/c38-24-11-14-27(30(39)18-24)37(45)47-26-12-9-21(10-13-26)31(41)19-46-36(44)22-7-4-8-25(15-22)40-34(42)32-23-16-28(20-5-2-1-3-6-20)29(17-23)33(32)35(40)43/h1-15,18,23,28-29,32-33H,16-17,19H2/t23-,28+,29+,32+,33-/m0/s1. The number of ether oxygens (including phenoxy) is 2. The van der Waals surface area contributed by atoms with E-state index in [0.717, 1.165) is 12.8 Å². The number of halogens is 2. The van der Waals surface area contributed by atoms with Gasteiger partial charge in [0.2, 0.25) is 11.8 Å². The van der Waals surface area contributed by atoms with Gasteiger partial charge in [0.1, 0.15) is 5.75 Å². The van der Waals surface area contributed by atoms with Gasteiger partial charge in [-0.2, -0.15) is 0 Å². The van der Waals surface area contributed by atoms with Crippen molar-refractivity contribution in [3.63, 3.8) is 0 Å². The Kier molecular flexibility index (Phi) is 8.16. The van der Waals surface area contributed by atoms with Crippen LogP contribution < -0.4 is 9.64 Å². The summed E-state index contributed by atoms with van der Waals surface area (Å²) in [6, 6.07) is 26.5. The predicted octanol–water partition coefficient (Wildman–Crippen LogP) is 7.18. The van der Waals surface area contributed by atoms with Crippen LogP contribution in [-0.2, 0) is 14.3 Å². The maximum absolute atomic E-state index is 13.7. The summed E-state index contributed by atoms with van der Waals surface area (Å²) in [5.41, 5.74) is 2.00. The second-order valence-corrected chi connectivity index (χ2v) is 12.9. The molecule has 4 aromatic rings. The van der Waals surface area contributed by atoms with E-state index in [9.17, 15) is 24.0 Å². The summed E-state index contributed by atoms with van der Waals surface area (Å²) >= 11 is 11.9. The number of nitrogens with zero attached hydrogens (tertiary/aromatic N) is 1. The molecule has 0 aromatic heterocycles. The quantitative estimate of drug-likeness (QED) is 0.0848. The number of carbonyl (C=O) groups is 5. The van der Waals surface area contributed by atoms with E-state index < -0.39 is 24.3 Å². The molecule has 236 valence electrons. The SMILES string of the molecule is O=C(COC(=O)c1cccc(N2C(=O)[C@@H]3[C@@H]4C[C@@H]([C@@H]3C2=O)[C@@H](c2ccccc2)C4)c1)c1ccc(OC(=O)c2ccc(Cl)cc2Cl)cc1. The third kappa shape index (κ3) is 5.72. The minimum absolute atomic E-state index is 0.108. The van der Waals surface area contributed by atoms with Crippen molar-refractivity contribution in [1.82, 2.24) is 0 Å². The maximum Gasteiger partial charge on any atom is 0.345 e. The van der Waals surface area contributed by atoms with Crippen molar-refractivity contribution in [2.45, 2.75) is 18.8 Å². The normalized spacial score (nSPS) is 22.7. The molecule has 10 heteroatoms. The first-order valence-electron chi connectivity index (χ1n) is 15.2. The van der Waals surface area contributed by atoms with Gasteiger partial charge in [-0.05, 0) is 96.8 Å². The number of fused-ring (bicyclic) bond motifs is 5. The van der Waals surface area contributed by atoms with Crippen LogP contribution >= 0.6 is 23.2 Å². The molecule has 8 nitrogen and oxygen atoms in total. The summed E-state index contributed by atoms with van der Waals surface area (Å²) in [7, 11) is 0. The van der Waals surface area contributed by atoms with Crippen LogP contribution in [0.15, 0.2) is 97.1 Å². The molecule has 3 aliphatic rings. The highest BCUT2D eigenvalue weighted by Gasteiger charge is 2.64. The van der Waals surface area contributed by atoms with Crippen LogP contribution in [0.1, 0.15) is 55.4 Å². The first-order valence-corrected chi connectivity index (χ1v) is 16.0. The summed E-state index contributed by atoms with van der Waals surface area (Å²) < 4.78 is 10.6. The number of anilines is 1. The van der Waals surface area contributed by atoms with Crippen molar-refractivity contribution in [2.75, 3.05) is 11.5 Å². The lowest BCUT2D eigenvalue weighted by atomic mass is 9.73. The van der Waals surface area contributed by atoms with Crippen molar-refractivity contribution in [3.8, 4) is 5.75 Å². The number of carbonyl (C=O) groups excluding carboxylic acids is 5. The summed E-state index contributed by atoms with van der Waals surface area (Å²) in [6.45, 7) is -0.543. The molecule has 7 rings (SSSR count). The van der Waals surface area contributed by atoms with E-state index in [-0.39, 0.29) is 68.9 Å². The van der Waals surface area contributed by atoms with Gasteiger partial charge < -0.3 is 9.47 Å². The van der Waals surface area contributed by atoms with Crippen LogP contribution in [-0.4, -0.2) is 36.1 Å². The van der Waals surface area contributed by atoms with Crippen molar-refractivity contribution >= 4 is 58.4 Å². The fourth-order valence-electron chi connectivity index (χ4n) is 7.39. The van der Waals surface area contributed by atoms with Crippen molar-refractivity contribution in [2.24, 2.45) is 23.7 Å². The van der Waals surface area contributed by atoms with Gasteiger partial charge in [-0.15, -0.1) is 0 Å². The molecule has 2 saturated carbocycles. The van der Waals surface area contributed by atoms with Crippen LogP contribution in [0, 0.1) is 23.7 Å². The fourth-order valence-corrected chi connectivity index (χ4v) is 7.88. The number of amides is 2. The first kappa shape index (κ1) is 30.8. The van der Waals surface area contributed by atoms with Crippen molar-refractivity contribution < 1.29 is 33.4 Å². The lowest BCUT2D eigenvalue weighted by molar-refractivity contribution is -0.123. The van der Waals surface area contributed by atoms with Crippen LogP contribution in [0.2, 0.25) is 10.0 Å². The van der Waals surface area contributed by atoms with Crippen LogP contribution in [0.3, 0.4) is 0 Å². The van der Waals surface area contributed by atoms with E-state index in [2.05, 4.69) is 12.1 Å². The molecule has 2 aliphatic carbocycles. The van der Waals surface area contributed by atoms with Crippen LogP contribution in [0.25, 0.3) is 0 Å². The third-order valence-electron chi connectivity index (χ3n) is 9.46. The van der Waals surface area contributed by atoms with Crippen molar-refractivity contribution in [3.05, 3.63) is 129 Å². The lowest BCUT2D eigenvalue weighted by Gasteiger charge is -2.28. The van der Waals surface area contributed by atoms with E-state index in [4.69, 9.17) is 32.7 Å². The van der Waals surface area contributed by atoms with E-state index in [1.807, 2.05) is 18.2 Å². The van der Waals surface area contributed by atoms with Crippen molar-refractivity contribution in [1.29, 1.82) is 0 Å². The number of Topliss-reactive ketones (excluding diaryl/α,β-unsaturated/α-hetero) is 1. The third-order valence-corrected chi connectivity index (χ3v) is 10.0. The molecule has 0 N–H and O–H groups in total. The van der Waals surface area contributed by atoms with E-state index in [1.165, 1.54) is 65.1 Å². The molecular weight excluding hydrogens is 641 g/mol. The number of benzene rings is 4. The van der Waals surface area contributed by atoms with Gasteiger partial charge in [-0.25, -0.2) is 9.59 Å². The molecule has 2 amide bonds. The van der Waals surface area contributed by atoms with Gasteiger partial charge in [0.15, 0.2) is 12.4 Å². The molecule has 47 heavy (non-hydrogen) atoms. The van der Waals surface area contributed by atoms with Gasteiger partial charge in [-0.3, -0.25) is 19.3 Å². The Hall–Kier alpha value is -4.79. The zero-order valence-corrected chi connectivity index (χ0v) is 26.3. The Morgan fingerprint density at radius 2 is 1.49 bits per heavy atom. The first-order chi connectivity index (χ1) is 22.7. The predicted molar refractivity (Wildman–Crippen MR) is 174 cm³/mol. The zero-order valence-electron chi connectivity index (χ0n) is 24.8. The van der Waals surface area contributed by atoms with Crippen LogP contribution in [0.5, 0.6) is 5.75 Å². The average Bonchev–Trinajstić information content (AvgIpc) is 3.75. The molecule has 5 atom stereocenters. The van der Waals surface area contributed by atoms with Gasteiger partial charge in [-0.1, -0.05) is 59.6 Å². The molecule has 1 saturated heterocycles. The van der Waals surface area contributed by atoms with Gasteiger partial charge in [0, 0.05) is 10.6 Å². The molecule has 0 radical (unpaired) electrons. The number of hydrogen-bond acceptors (Lipinski definition) is 7. The molecule has 0 unspecified atom stereocenters. The average molecular weight is 669 g/mol. The minimum Gasteiger partial charge on any atom is -0.454 e. The lowest BCUT2D eigenvalue weighted by Crippen LogP contribution is -2.33. The maximum atomic E-state index is 13.7. The fraction of sp³-hybridized carbons (Fsp3) is 0.216. The Morgan fingerprint density at radius 3 is 2.23 bits per heavy atom. The largest absolute Gasteiger partial charge is 0.454 e. The Morgan fingerprint density at radius 1 is 0.745 bits per heavy atom. The number of imide groups is 1. The molecule has 4 aromatic carbocycles. The highest BCUT2D eigenvalue weighted by atomic mass is 35.5. The number of esters is 2. The molecule has 0 spiro atoms. The highest BCUT2D eigenvalue weighted by molar-refractivity contribution is 6.36. The summed E-state index contributed by atoms with van der Waals surface area (Å²) in [6.07, 6.45) is 1.75. The zero-order chi connectivity index (χ0) is 32.8. The summed E-state index contributed by atoms with van der Waals surface area (Å²) in [4.78, 5) is 66.7. The number of hydrogen-bond donors (Lipinski definition) is 0. The highest BCUT2D eigenvalue weighted by Crippen LogP contribution is 2.61. The monoisotopic (exact) mass is 667 g/mol. The van der Waals surface area contributed by atoms with E-state index in [0.29, 0.717) is 10.7 Å². The molecule has 1 aliphatic heterocycles. The number of ketones is 1. The topological polar surface area (TPSA) is 107 Å². The molecule has 3 fully saturated rings. The summed E-state index contributed by atoms with van der Waals surface area (Å²) in [5.74, 6) is -2.40. The smallest absolute Gasteiger partial charge is 0.345 e. The number of rotatable bonds is 8. The summed E-state index contributed by atoms with van der Waals surface area (Å²) in [5, 5.41) is 0.525. The van der Waals surface area contributed by atoms with Gasteiger partial charge in [0.05, 0.1) is 33.7 Å². The molecule has 1 heterocycles. The second-order valence-electron chi connectivity index (χ2n) is 12.1.